The first-order valence-electron chi connectivity index (χ1n) is 4.24. The van der Waals surface area contributed by atoms with Gasteiger partial charge in [-0.3, -0.25) is 10.2 Å². The zero-order chi connectivity index (χ0) is 10.8. The maximum atomic E-state index is 11.2. The van der Waals surface area contributed by atoms with Crippen LogP contribution in [0.15, 0.2) is 23.4 Å². The highest BCUT2D eigenvalue weighted by molar-refractivity contribution is 6.62. The summed E-state index contributed by atoms with van der Waals surface area (Å²) in [5, 5.41) is 12.9. The van der Waals surface area contributed by atoms with Crippen LogP contribution in [0.2, 0.25) is 0 Å². The number of nitrogens with one attached hydrogen (secondary N) is 1. The molecule has 4 N–H and O–H groups in total. The van der Waals surface area contributed by atoms with Gasteiger partial charge in [-0.2, -0.15) is 0 Å². The van der Waals surface area contributed by atoms with Crippen LogP contribution < -0.4 is 16.7 Å². The minimum absolute atomic E-state index is 0.396. The standard InChI is InChI=1S/C8H8BN3O3/c10-12-8(13)5-1-2-7-6(3-5)4-11-15-9(7)14/h1-4,14H,10H2,(H,12,13). The first-order valence-corrected chi connectivity index (χ1v) is 4.24. The van der Waals surface area contributed by atoms with Gasteiger partial charge in [0.15, 0.2) is 0 Å². The van der Waals surface area contributed by atoms with Gasteiger partial charge in [-0.15, -0.1) is 5.16 Å². The molecule has 1 heterocycles. The lowest BCUT2D eigenvalue weighted by Crippen LogP contribution is -2.38. The van der Waals surface area contributed by atoms with E-state index in [1.54, 1.807) is 18.2 Å². The number of hydrogen-bond donors (Lipinski definition) is 3. The van der Waals surface area contributed by atoms with Crippen molar-refractivity contribution in [2.24, 2.45) is 11.0 Å². The molecule has 0 radical (unpaired) electrons. The highest BCUT2D eigenvalue weighted by Gasteiger charge is 2.25. The summed E-state index contributed by atoms with van der Waals surface area (Å²) in [6.45, 7) is 0. The zero-order valence-electron chi connectivity index (χ0n) is 7.68. The fourth-order valence-electron chi connectivity index (χ4n) is 1.34. The quantitative estimate of drug-likeness (QED) is 0.221. The molecule has 0 fully saturated rings. The molecule has 0 atom stereocenters. The molecule has 1 aromatic carbocycles. The van der Waals surface area contributed by atoms with E-state index in [4.69, 9.17) is 5.84 Å². The van der Waals surface area contributed by atoms with Crippen molar-refractivity contribution in [3.63, 3.8) is 0 Å². The minimum Gasteiger partial charge on any atom is -0.427 e. The Morgan fingerprint density at radius 2 is 2.40 bits per heavy atom. The molecule has 0 aromatic heterocycles. The van der Waals surface area contributed by atoms with Crippen molar-refractivity contribution in [3.8, 4) is 0 Å². The summed E-state index contributed by atoms with van der Waals surface area (Å²) >= 11 is 0. The number of benzene rings is 1. The Morgan fingerprint density at radius 1 is 1.60 bits per heavy atom. The van der Waals surface area contributed by atoms with Crippen LogP contribution in [-0.2, 0) is 4.76 Å². The summed E-state index contributed by atoms with van der Waals surface area (Å²) in [6, 6.07) is 4.72. The molecular formula is C8H8BN3O3. The molecule has 0 bridgehead atoms. The van der Waals surface area contributed by atoms with Crippen molar-refractivity contribution < 1.29 is 14.6 Å². The maximum absolute atomic E-state index is 11.2. The van der Waals surface area contributed by atoms with E-state index in [9.17, 15) is 9.82 Å². The molecule has 0 saturated carbocycles. The van der Waals surface area contributed by atoms with Gasteiger partial charge in [0.2, 0.25) is 0 Å². The normalized spacial score (nSPS) is 13.1. The van der Waals surface area contributed by atoms with Crippen molar-refractivity contribution in [1.82, 2.24) is 5.43 Å². The van der Waals surface area contributed by atoms with Crippen LogP contribution in [0.5, 0.6) is 0 Å². The Hall–Kier alpha value is -1.86. The van der Waals surface area contributed by atoms with E-state index >= 15 is 0 Å². The second-order valence-electron chi connectivity index (χ2n) is 3.01. The van der Waals surface area contributed by atoms with Gasteiger partial charge >= 0.3 is 7.12 Å². The number of carbonyl (C=O) groups is 1. The van der Waals surface area contributed by atoms with Crippen molar-refractivity contribution in [2.75, 3.05) is 0 Å². The summed E-state index contributed by atoms with van der Waals surface area (Å²) in [4.78, 5) is 11.2. The number of fused-ring (bicyclic) bond motifs is 1. The molecule has 76 valence electrons. The second kappa shape index (κ2) is 3.72. The number of nitrogens with two attached hydrogens (primary N) is 1. The summed E-state index contributed by atoms with van der Waals surface area (Å²) in [5.41, 5.74) is 3.62. The van der Waals surface area contributed by atoms with Crippen molar-refractivity contribution in [2.45, 2.75) is 0 Å². The number of hydrogen-bond acceptors (Lipinski definition) is 5. The van der Waals surface area contributed by atoms with Crippen LogP contribution in [0.3, 0.4) is 0 Å². The van der Waals surface area contributed by atoms with Gasteiger partial charge in [-0.1, -0.05) is 6.07 Å². The molecule has 6 nitrogen and oxygen atoms in total. The maximum Gasteiger partial charge on any atom is 0.583 e. The lowest BCUT2D eigenvalue weighted by atomic mass is 9.76. The van der Waals surface area contributed by atoms with Crippen LogP contribution in [-0.4, -0.2) is 24.3 Å². The third-order valence-electron chi connectivity index (χ3n) is 2.10. The van der Waals surface area contributed by atoms with E-state index in [-0.39, 0.29) is 0 Å². The number of amides is 1. The number of hydrazine groups is 1. The van der Waals surface area contributed by atoms with E-state index in [1.807, 2.05) is 5.43 Å². The first kappa shape index (κ1) is 9.69. The third-order valence-corrected chi connectivity index (χ3v) is 2.10. The molecule has 0 saturated heterocycles. The average Bonchev–Trinajstić information content (AvgIpc) is 2.28. The van der Waals surface area contributed by atoms with E-state index in [1.165, 1.54) is 6.21 Å². The molecule has 2 rings (SSSR count). The largest absolute Gasteiger partial charge is 0.583 e. The summed E-state index contributed by atoms with van der Waals surface area (Å²) in [5.74, 6) is 4.60. The summed E-state index contributed by atoms with van der Waals surface area (Å²) < 4.78 is 4.63. The van der Waals surface area contributed by atoms with Gasteiger partial charge in [-0.05, 0) is 17.7 Å². The van der Waals surface area contributed by atoms with E-state index in [0.29, 0.717) is 16.6 Å². The Morgan fingerprint density at radius 3 is 3.13 bits per heavy atom. The van der Waals surface area contributed by atoms with E-state index in [0.717, 1.165) is 0 Å². The highest BCUT2D eigenvalue weighted by atomic mass is 16.6. The summed E-state index contributed by atoms with van der Waals surface area (Å²) in [6.07, 6.45) is 1.43. The predicted octanol–water partition coefficient (Wildman–Crippen LogP) is -1.66. The van der Waals surface area contributed by atoms with Gasteiger partial charge in [0.25, 0.3) is 5.91 Å². The molecule has 15 heavy (non-hydrogen) atoms. The predicted molar refractivity (Wildman–Crippen MR) is 54.4 cm³/mol. The topological polar surface area (TPSA) is 96.9 Å². The van der Waals surface area contributed by atoms with Crippen LogP contribution in [0.1, 0.15) is 15.9 Å². The van der Waals surface area contributed by atoms with Crippen molar-refractivity contribution in [1.29, 1.82) is 0 Å². The number of oxime groups is 1. The molecule has 1 aliphatic heterocycles. The highest BCUT2D eigenvalue weighted by Crippen LogP contribution is 2.06. The SMILES string of the molecule is NNC(=O)c1ccc2c(c1)C=NOB2O. The number of nitrogens with zero attached hydrogens (tertiary/aromatic N) is 1. The second-order valence-corrected chi connectivity index (χ2v) is 3.01. The Balaban J connectivity index is 2.43. The lowest BCUT2D eigenvalue weighted by molar-refractivity contribution is 0.0953. The average molecular weight is 205 g/mol. The molecule has 7 heteroatoms. The molecule has 1 aliphatic rings. The first-order chi connectivity index (χ1) is 7.22. The monoisotopic (exact) mass is 205 g/mol. The summed E-state index contributed by atoms with van der Waals surface area (Å²) in [7, 11) is -1.08. The van der Waals surface area contributed by atoms with Gasteiger partial charge in [0.1, 0.15) is 0 Å². The molecular weight excluding hydrogens is 197 g/mol. The smallest absolute Gasteiger partial charge is 0.427 e. The number of rotatable bonds is 1. The number of nitrogen functional groups attached to an aromatic ring is 1. The molecule has 1 aromatic rings. The van der Waals surface area contributed by atoms with Gasteiger partial charge in [-0.25, -0.2) is 5.84 Å². The Kier molecular flexibility index (Phi) is 2.40. The zero-order valence-corrected chi connectivity index (χ0v) is 7.68. The molecule has 1 amide bonds. The third kappa shape index (κ3) is 1.70. The Labute approximate surface area is 85.8 Å². The van der Waals surface area contributed by atoms with Crippen LogP contribution in [0, 0.1) is 0 Å². The van der Waals surface area contributed by atoms with Crippen LogP contribution in [0.4, 0.5) is 0 Å². The van der Waals surface area contributed by atoms with E-state index in [2.05, 4.69) is 9.91 Å². The molecule has 0 spiro atoms. The van der Waals surface area contributed by atoms with Crippen LogP contribution in [0.25, 0.3) is 0 Å². The van der Waals surface area contributed by atoms with Gasteiger partial charge in [0, 0.05) is 11.0 Å². The Bertz CT molecular complexity index is 435. The molecule has 0 aliphatic carbocycles. The molecule has 0 unspecified atom stereocenters. The van der Waals surface area contributed by atoms with Gasteiger partial charge < -0.3 is 9.78 Å². The van der Waals surface area contributed by atoms with Gasteiger partial charge in [0.05, 0.1) is 6.21 Å². The van der Waals surface area contributed by atoms with Crippen molar-refractivity contribution in [3.05, 3.63) is 29.3 Å². The minimum atomic E-state index is -1.08. The number of carbonyl (C=O) groups excluding carboxylic acids is 1. The van der Waals surface area contributed by atoms with Crippen LogP contribution >= 0.6 is 0 Å². The van der Waals surface area contributed by atoms with Crippen molar-refractivity contribution >= 4 is 24.7 Å². The van der Waals surface area contributed by atoms with E-state index < -0.39 is 13.0 Å². The lowest BCUT2D eigenvalue weighted by Gasteiger charge is -2.13. The fourth-order valence-corrected chi connectivity index (χ4v) is 1.34. The fraction of sp³-hybridized carbons (Fsp3) is 0.